The molecular formula is C16H12Cl2N2O2S. The highest BCUT2D eigenvalue weighted by molar-refractivity contribution is 7.23. The van der Waals surface area contributed by atoms with Crippen LogP contribution in [0.4, 0.5) is 5.13 Å². The third-order valence-corrected chi connectivity index (χ3v) is 5.03. The van der Waals surface area contributed by atoms with Gasteiger partial charge in [0.25, 0.3) is 0 Å². The summed E-state index contributed by atoms with van der Waals surface area (Å²) in [5.74, 6) is 0.430. The third-order valence-electron chi connectivity index (χ3n) is 3.23. The van der Waals surface area contributed by atoms with E-state index in [1.165, 1.54) is 11.3 Å². The number of nitrogens with one attached hydrogen (secondary N) is 1. The molecule has 0 radical (unpaired) electrons. The molecule has 0 saturated carbocycles. The molecule has 1 aromatic heterocycles. The van der Waals surface area contributed by atoms with Crippen molar-refractivity contribution in [2.45, 2.75) is 6.42 Å². The number of amides is 1. The van der Waals surface area contributed by atoms with Crippen LogP contribution in [0.2, 0.25) is 10.0 Å². The van der Waals surface area contributed by atoms with Crippen LogP contribution in [0.15, 0.2) is 36.4 Å². The van der Waals surface area contributed by atoms with Gasteiger partial charge >= 0.3 is 0 Å². The molecule has 2 aromatic carbocycles. The van der Waals surface area contributed by atoms with Crippen LogP contribution in [0.25, 0.3) is 10.2 Å². The minimum atomic E-state index is -0.188. The monoisotopic (exact) mass is 366 g/mol. The average molecular weight is 367 g/mol. The smallest absolute Gasteiger partial charge is 0.230 e. The lowest BCUT2D eigenvalue weighted by molar-refractivity contribution is -0.115. The van der Waals surface area contributed by atoms with E-state index in [9.17, 15) is 4.79 Å². The van der Waals surface area contributed by atoms with E-state index in [0.717, 1.165) is 10.3 Å². The van der Waals surface area contributed by atoms with E-state index >= 15 is 0 Å². The van der Waals surface area contributed by atoms with Crippen LogP contribution < -0.4 is 10.1 Å². The van der Waals surface area contributed by atoms with Gasteiger partial charge in [-0.25, -0.2) is 4.98 Å². The van der Waals surface area contributed by atoms with E-state index in [1.807, 2.05) is 18.2 Å². The molecule has 23 heavy (non-hydrogen) atoms. The van der Waals surface area contributed by atoms with Gasteiger partial charge in [0, 0.05) is 5.02 Å². The predicted octanol–water partition coefficient (Wildman–Crippen LogP) is 4.79. The second kappa shape index (κ2) is 6.74. The zero-order valence-corrected chi connectivity index (χ0v) is 14.4. The van der Waals surface area contributed by atoms with Crippen molar-refractivity contribution in [2.75, 3.05) is 12.4 Å². The second-order valence-corrected chi connectivity index (χ2v) is 6.58. The Labute approximate surface area is 147 Å². The van der Waals surface area contributed by atoms with Gasteiger partial charge in [-0.15, -0.1) is 0 Å². The minimum Gasteiger partial charge on any atom is -0.494 e. The number of carbonyl (C=O) groups is 1. The van der Waals surface area contributed by atoms with E-state index in [-0.39, 0.29) is 12.3 Å². The Morgan fingerprint density at radius 1 is 1.22 bits per heavy atom. The third kappa shape index (κ3) is 3.42. The first-order valence-electron chi connectivity index (χ1n) is 6.75. The summed E-state index contributed by atoms with van der Waals surface area (Å²) in [6.45, 7) is 0. The largest absolute Gasteiger partial charge is 0.494 e. The number of nitrogens with zero attached hydrogens (tertiary/aromatic N) is 1. The number of halogens is 2. The Hall–Kier alpha value is -1.82. The molecule has 0 aliphatic carbocycles. The van der Waals surface area contributed by atoms with Gasteiger partial charge in [-0.1, -0.05) is 52.7 Å². The molecule has 1 amide bonds. The summed E-state index contributed by atoms with van der Waals surface area (Å²) in [4.78, 5) is 16.6. The molecule has 0 fully saturated rings. The van der Waals surface area contributed by atoms with Crippen molar-refractivity contribution in [3.05, 3.63) is 52.0 Å². The SMILES string of the molecule is COc1ccc(Cl)c2sc(NC(=O)Cc3ccccc3Cl)nc12. The summed E-state index contributed by atoms with van der Waals surface area (Å²) < 4.78 is 6.04. The second-order valence-electron chi connectivity index (χ2n) is 4.76. The highest BCUT2D eigenvalue weighted by Gasteiger charge is 2.14. The molecular weight excluding hydrogens is 355 g/mol. The summed E-state index contributed by atoms with van der Waals surface area (Å²) in [6, 6.07) is 10.7. The number of rotatable bonds is 4. The van der Waals surface area contributed by atoms with Crippen molar-refractivity contribution < 1.29 is 9.53 Å². The van der Waals surface area contributed by atoms with Crippen LogP contribution in [0.5, 0.6) is 5.75 Å². The number of thiazole rings is 1. The average Bonchev–Trinajstić information content (AvgIpc) is 2.94. The Balaban J connectivity index is 1.83. The van der Waals surface area contributed by atoms with Gasteiger partial charge in [0.1, 0.15) is 11.3 Å². The molecule has 0 saturated heterocycles. The molecule has 0 aliphatic rings. The van der Waals surface area contributed by atoms with Crippen molar-refractivity contribution in [3.63, 3.8) is 0 Å². The van der Waals surface area contributed by atoms with Crippen molar-refractivity contribution >= 4 is 55.8 Å². The first-order valence-corrected chi connectivity index (χ1v) is 8.32. The summed E-state index contributed by atoms with van der Waals surface area (Å²) in [5, 5.41) is 4.40. The molecule has 0 atom stereocenters. The molecule has 1 heterocycles. The van der Waals surface area contributed by atoms with Crippen LogP contribution in [0.1, 0.15) is 5.56 Å². The molecule has 3 rings (SSSR count). The topological polar surface area (TPSA) is 51.2 Å². The molecule has 4 nitrogen and oxygen atoms in total. The van der Waals surface area contributed by atoms with E-state index < -0.39 is 0 Å². The van der Waals surface area contributed by atoms with Gasteiger partial charge < -0.3 is 10.1 Å². The summed E-state index contributed by atoms with van der Waals surface area (Å²) in [7, 11) is 1.57. The zero-order valence-electron chi connectivity index (χ0n) is 12.1. The predicted molar refractivity (Wildman–Crippen MR) is 95.0 cm³/mol. The van der Waals surface area contributed by atoms with Crippen LogP contribution >= 0.6 is 34.5 Å². The molecule has 0 bridgehead atoms. The first kappa shape index (κ1) is 16.1. The summed E-state index contributed by atoms with van der Waals surface area (Å²) >= 11 is 13.5. The first-order chi connectivity index (χ1) is 11.1. The standard InChI is InChI=1S/C16H12Cl2N2O2S/c1-22-12-7-6-11(18)15-14(12)20-16(23-15)19-13(21)8-9-4-2-3-5-10(9)17/h2-7H,8H2,1H3,(H,19,20,21). The fourth-order valence-corrected chi connectivity index (χ4v) is 3.52. The lowest BCUT2D eigenvalue weighted by Crippen LogP contribution is -2.14. The molecule has 0 aliphatic heterocycles. The minimum absolute atomic E-state index is 0.181. The maximum Gasteiger partial charge on any atom is 0.230 e. The van der Waals surface area contributed by atoms with Crippen molar-refractivity contribution in [2.24, 2.45) is 0 Å². The summed E-state index contributed by atoms with van der Waals surface area (Å²) in [5.41, 5.74) is 1.40. The highest BCUT2D eigenvalue weighted by atomic mass is 35.5. The zero-order chi connectivity index (χ0) is 16.4. The lowest BCUT2D eigenvalue weighted by Gasteiger charge is -2.03. The molecule has 0 unspecified atom stereocenters. The number of methoxy groups -OCH3 is 1. The lowest BCUT2D eigenvalue weighted by atomic mass is 10.1. The van der Waals surface area contributed by atoms with Gasteiger partial charge in [-0.05, 0) is 23.8 Å². The number of carbonyl (C=O) groups excluding carboxylic acids is 1. The van der Waals surface area contributed by atoms with E-state index in [1.54, 1.807) is 25.3 Å². The quantitative estimate of drug-likeness (QED) is 0.721. The molecule has 118 valence electrons. The number of hydrogen-bond donors (Lipinski definition) is 1. The molecule has 1 N–H and O–H groups in total. The van der Waals surface area contributed by atoms with Crippen molar-refractivity contribution in [1.82, 2.24) is 4.98 Å². The maximum absolute atomic E-state index is 12.2. The van der Waals surface area contributed by atoms with Crippen molar-refractivity contribution in [1.29, 1.82) is 0 Å². The Morgan fingerprint density at radius 2 is 2.00 bits per heavy atom. The Bertz CT molecular complexity index is 880. The van der Waals surface area contributed by atoms with Crippen LogP contribution in [-0.4, -0.2) is 18.0 Å². The number of fused-ring (bicyclic) bond motifs is 1. The van der Waals surface area contributed by atoms with E-state index in [2.05, 4.69) is 10.3 Å². The highest BCUT2D eigenvalue weighted by Crippen LogP contribution is 2.37. The van der Waals surface area contributed by atoms with Crippen LogP contribution in [0.3, 0.4) is 0 Å². The van der Waals surface area contributed by atoms with Gasteiger partial charge in [0.2, 0.25) is 5.91 Å². The maximum atomic E-state index is 12.2. The summed E-state index contributed by atoms with van der Waals surface area (Å²) in [6.07, 6.45) is 0.181. The van der Waals surface area contributed by atoms with Gasteiger partial charge in [0.05, 0.1) is 23.3 Å². The number of hydrogen-bond acceptors (Lipinski definition) is 4. The molecule has 0 spiro atoms. The van der Waals surface area contributed by atoms with Gasteiger partial charge in [0.15, 0.2) is 5.13 Å². The fraction of sp³-hybridized carbons (Fsp3) is 0.125. The number of ether oxygens (including phenoxy) is 1. The number of anilines is 1. The number of benzene rings is 2. The molecule has 3 aromatic rings. The van der Waals surface area contributed by atoms with Crippen molar-refractivity contribution in [3.8, 4) is 5.75 Å². The Morgan fingerprint density at radius 3 is 2.74 bits per heavy atom. The van der Waals surface area contributed by atoms with Crippen LogP contribution in [-0.2, 0) is 11.2 Å². The van der Waals surface area contributed by atoms with Crippen LogP contribution in [0, 0.1) is 0 Å². The van der Waals surface area contributed by atoms with E-state index in [0.29, 0.717) is 26.4 Å². The molecule has 7 heteroatoms. The number of aromatic nitrogens is 1. The van der Waals surface area contributed by atoms with E-state index in [4.69, 9.17) is 27.9 Å². The van der Waals surface area contributed by atoms with Gasteiger partial charge in [-0.2, -0.15) is 0 Å². The normalized spacial score (nSPS) is 10.7. The Kier molecular flexibility index (Phi) is 4.71. The fourth-order valence-electron chi connectivity index (χ4n) is 2.15. The van der Waals surface area contributed by atoms with Gasteiger partial charge in [-0.3, -0.25) is 4.79 Å².